The summed E-state index contributed by atoms with van der Waals surface area (Å²) in [5, 5.41) is 9.41. The number of methoxy groups -OCH3 is 1. The van der Waals surface area contributed by atoms with E-state index in [0.717, 1.165) is 5.56 Å². The molecule has 1 aromatic carbocycles. The molecule has 76 valence electrons. The fourth-order valence-electron chi connectivity index (χ4n) is 1.15. The van der Waals surface area contributed by atoms with Gasteiger partial charge in [-0.1, -0.05) is 15.9 Å². The van der Waals surface area contributed by atoms with Gasteiger partial charge in [-0.3, -0.25) is 4.79 Å². The Balaban J connectivity index is 3.10. The zero-order valence-electron chi connectivity index (χ0n) is 8.00. The summed E-state index contributed by atoms with van der Waals surface area (Å²) in [5.41, 5.74) is 0.812. The van der Waals surface area contributed by atoms with Gasteiger partial charge in [-0.05, 0) is 24.6 Å². The summed E-state index contributed by atoms with van der Waals surface area (Å²) in [6.07, 6.45) is 0.331. The first kappa shape index (κ1) is 11.0. The van der Waals surface area contributed by atoms with E-state index in [9.17, 15) is 9.90 Å². The molecule has 0 bridgehead atoms. The molecule has 0 unspecified atom stereocenters. The molecule has 0 spiro atoms. The van der Waals surface area contributed by atoms with Crippen LogP contribution in [0.5, 0.6) is 11.5 Å². The van der Waals surface area contributed by atoms with Crippen LogP contribution in [0, 0.1) is 0 Å². The van der Waals surface area contributed by atoms with Crippen LogP contribution in [0.2, 0.25) is 0 Å². The summed E-state index contributed by atoms with van der Waals surface area (Å²) in [7, 11) is 1.47. The Kier molecular flexibility index (Phi) is 3.52. The first-order valence-electron chi connectivity index (χ1n) is 4.09. The average molecular weight is 259 g/mol. The van der Waals surface area contributed by atoms with E-state index in [1.165, 1.54) is 20.1 Å². The van der Waals surface area contributed by atoms with E-state index < -0.39 is 0 Å². The van der Waals surface area contributed by atoms with Crippen molar-refractivity contribution in [2.24, 2.45) is 0 Å². The summed E-state index contributed by atoms with van der Waals surface area (Å²) in [4.78, 5) is 10.9. The van der Waals surface area contributed by atoms with Crippen molar-refractivity contribution in [3.63, 3.8) is 0 Å². The normalized spacial score (nSPS) is 9.93. The Bertz CT molecular complexity index is 361. The Labute approximate surface area is 90.8 Å². The van der Waals surface area contributed by atoms with Gasteiger partial charge in [-0.25, -0.2) is 0 Å². The molecule has 0 aliphatic rings. The van der Waals surface area contributed by atoms with Crippen LogP contribution in [0.1, 0.15) is 12.5 Å². The summed E-state index contributed by atoms with van der Waals surface area (Å²) in [6, 6.07) is 3.18. The van der Waals surface area contributed by atoms with Crippen molar-refractivity contribution < 1.29 is 14.6 Å². The highest BCUT2D eigenvalue weighted by atomic mass is 79.9. The van der Waals surface area contributed by atoms with Gasteiger partial charge in [-0.15, -0.1) is 0 Å². The van der Waals surface area contributed by atoms with E-state index in [1.807, 2.05) is 0 Å². The van der Waals surface area contributed by atoms with E-state index in [2.05, 4.69) is 15.9 Å². The molecule has 1 N–H and O–H groups in total. The third kappa shape index (κ3) is 2.48. The molecule has 0 atom stereocenters. The number of ketones is 1. The number of aromatic hydroxyl groups is 1. The topological polar surface area (TPSA) is 46.5 Å². The Morgan fingerprint density at radius 3 is 2.71 bits per heavy atom. The molecule has 4 heteroatoms. The van der Waals surface area contributed by atoms with Gasteiger partial charge >= 0.3 is 0 Å². The van der Waals surface area contributed by atoms with E-state index in [0.29, 0.717) is 16.6 Å². The van der Waals surface area contributed by atoms with Gasteiger partial charge in [0, 0.05) is 10.9 Å². The van der Waals surface area contributed by atoms with Gasteiger partial charge in [0.2, 0.25) is 0 Å². The van der Waals surface area contributed by atoms with Gasteiger partial charge in [0.15, 0.2) is 11.5 Å². The predicted molar refractivity (Wildman–Crippen MR) is 56.7 cm³/mol. The number of carbonyl (C=O) groups is 1. The van der Waals surface area contributed by atoms with Crippen LogP contribution in [0.25, 0.3) is 0 Å². The Morgan fingerprint density at radius 1 is 1.57 bits per heavy atom. The quantitative estimate of drug-likeness (QED) is 0.905. The monoisotopic (exact) mass is 258 g/mol. The number of hydrogen-bond donors (Lipinski definition) is 1. The lowest BCUT2D eigenvalue weighted by Crippen LogP contribution is -1.98. The maximum atomic E-state index is 10.9. The summed E-state index contributed by atoms with van der Waals surface area (Å²) < 4.78 is 5.65. The highest BCUT2D eigenvalue weighted by Gasteiger charge is 2.09. The molecule has 0 saturated carbocycles. The fraction of sp³-hybridized carbons (Fsp3) is 0.300. The van der Waals surface area contributed by atoms with E-state index in [1.54, 1.807) is 6.07 Å². The molecular weight excluding hydrogens is 248 g/mol. The Hall–Kier alpha value is -1.03. The van der Waals surface area contributed by atoms with Crippen LogP contribution in [-0.4, -0.2) is 18.0 Å². The van der Waals surface area contributed by atoms with Crippen LogP contribution >= 0.6 is 15.9 Å². The van der Waals surface area contributed by atoms with Crippen LogP contribution < -0.4 is 4.74 Å². The second-order valence-electron chi connectivity index (χ2n) is 2.99. The molecule has 0 fully saturated rings. The van der Waals surface area contributed by atoms with Crippen molar-refractivity contribution >= 4 is 21.7 Å². The van der Waals surface area contributed by atoms with Crippen LogP contribution in [0.15, 0.2) is 16.6 Å². The number of benzene rings is 1. The summed E-state index contributed by atoms with van der Waals surface area (Å²) in [5.74, 6) is 0.509. The number of ether oxygens (including phenoxy) is 1. The molecule has 14 heavy (non-hydrogen) atoms. The summed E-state index contributed by atoms with van der Waals surface area (Å²) in [6.45, 7) is 1.52. The fourth-order valence-corrected chi connectivity index (χ4v) is 1.62. The molecular formula is C10H11BrO3. The number of phenols is 1. The third-order valence-corrected chi connectivity index (χ3v) is 2.53. The molecule has 0 amide bonds. The average Bonchev–Trinajstić information content (AvgIpc) is 2.09. The second kappa shape index (κ2) is 4.46. The van der Waals surface area contributed by atoms with Crippen molar-refractivity contribution in [2.75, 3.05) is 7.11 Å². The molecule has 1 aromatic rings. The number of phenolic OH excluding ortho intramolecular Hbond substituents is 1. The predicted octanol–water partition coefficient (Wildman–Crippen LogP) is 2.29. The zero-order chi connectivity index (χ0) is 10.7. The smallest absolute Gasteiger partial charge is 0.160 e. The lowest BCUT2D eigenvalue weighted by Gasteiger charge is -2.07. The number of hydrogen-bond acceptors (Lipinski definition) is 3. The number of Topliss-reactive ketones (excluding diaryl/α,β-unsaturated/α-hetero) is 1. The lowest BCUT2D eigenvalue weighted by atomic mass is 10.1. The largest absolute Gasteiger partial charge is 0.504 e. The minimum absolute atomic E-state index is 0.0617. The van der Waals surface area contributed by atoms with E-state index in [-0.39, 0.29) is 11.5 Å². The Morgan fingerprint density at radius 2 is 2.21 bits per heavy atom. The van der Waals surface area contributed by atoms with Gasteiger partial charge < -0.3 is 9.84 Å². The molecule has 0 aromatic heterocycles. The molecule has 0 aliphatic carbocycles. The van der Waals surface area contributed by atoms with Crippen LogP contribution in [0.3, 0.4) is 0 Å². The van der Waals surface area contributed by atoms with Gasteiger partial charge in [0.05, 0.1) is 7.11 Å². The van der Waals surface area contributed by atoms with Crippen molar-refractivity contribution in [1.82, 2.24) is 0 Å². The maximum Gasteiger partial charge on any atom is 0.160 e. The van der Waals surface area contributed by atoms with Crippen LogP contribution in [-0.2, 0) is 11.2 Å². The van der Waals surface area contributed by atoms with E-state index in [4.69, 9.17) is 4.74 Å². The first-order valence-corrected chi connectivity index (χ1v) is 4.88. The minimum atomic E-state index is 0.0617. The highest BCUT2D eigenvalue weighted by molar-refractivity contribution is 9.10. The number of halogens is 1. The standard InChI is InChI=1S/C10H11BrO3/c1-6(12)3-7-4-10(14-2)9(13)5-8(7)11/h4-5,13H,3H2,1-2H3. The van der Waals surface area contributed by atoms with Gasteiger partial charge in [0.25, 0.3) is 0 Å². The lowest BCUT2D eigenvalue weighted by molar-refractivity contribution is -0.116. The molecule has 1 rings (SSSR count). The molecule has 0 radical (unpaired) electrons. The molecule has 0 saturated heterocycles. The van der Waals surface area contributed by atoms with Crippen molar-refractivity contribution in [1.29, 1.82) is 0 Å². The van der Waals surface area contributed by atoms with Crippen molar-refractivity contribution in [3.8, 4) is 11.5 Å². The molecule has 0 aliphatic heterocycles. The van der Waals surface area contributed by atoms with Crippen LogP contribution in [0.4, 0.5) is 0 Å². The highest BCUT2D eigenvalue weighted by Crippen LogP contribution is 2.32. The zero-order valence-corrected chi connectivity index (χ0v) is 9.59. The summed E-state index contributed by atoms with van der Waals surface area (Å²) >= 11 is 3.27. The van der Waals surface area contributed by atoms with Crippen molar-refractivity contribution in [2.45, 2.75) is 13.3 Å². The molecule has 3 nitrogen and oxygen atoms in total. The van der Waals surface area contributed by atoms with Crippen molar-refractivity contribution in [3.05, 3.63) is 22.2 Å². The maximum absolute atomic E-state index is 10.9. The second-order valence-corrected chi connectivity index (χ2v) is 3.85. The number of carbonyl (C=O) groups excluding carboxylic acids is 1. The van der Waals surface area contributed by atoms with Gasteiger partial charge in [-0.2, -0.15) is 0 Å². The molecule has 0 heterocycles. The van der Waals surface area contributed by atoms with Gasteiger partial charge in [0.1, 0.15) is 5.78 Å². The first-order chi connectivity index (χ1) is 6.54. The van der Waals surface area contributed by atoms with E-state index >= 15 is 0 Å². The minimum Gasteiger partial charge on any atom is -0.504 e. The number of rotatable bonds is 3. The third-order valence-electron chi connectivity index (χ3n) is 1.79. The SMILES string of the molecule is COc1cc(CC(C)=O)c(Br)cc1O.